The number of nitrogens with one attached hydrogen (secondary N) is 2. The van der Waals surface area contributed by atoms with Crippen LogP contribution in [0.1, 0.15) is 40.5 Å². The lowest BCUT2D eigenvalue weighted by Crippen LogP contribution is -2.49. The fourth-order valence-electron chi connectivity index (χ4n) is 2.23. The van der Waals surface area contributed by atoms with Crippen LogP contribution in [0.15, 0.2) is 4.99 Å². The van der Waals surface area contributed by atoms with Crippen LogP contribution in [0.4, 0.5) is 4.79 Å². The van der Waals surface area contributed by atoms with Crippen molar-refractivity contribution in [2.24, 2.45) is 4.99 Å². The molecule has 0 saturated carbocycles. The molecule has 2 atom stereocenters. The number of urea groups is 1. The Morgan fingerprint density at radius 1 is 1.38 bits per heavy atom. The van der Waals surface area contributed by atoms with Gasteiger partial charge in [0.25, 0.3) is 0 Å². The summed E-state index contributed by atoms with van der Waals surface area (Å²) in [4.78, 5) is 17.9. The Kier molecular flexibility index (Phi) is 2.12. The molecule has 0 aromatic heterocycles. The number of aliphatic imine (C=N–C) groups is 1. The van der Waals surface area contributed by atoms with Gasteiger partial charge in [-0.2, -0.15) is 0 Å². The van der Waals surface area contributed by atoms with E-state index in [1.54, 1.807) is 4.90 Å². The minimum absolute atomic E-state index is 0.130. The highest BCUT2D eigenvalue weighted by atomic mass is 16.2. The molecule has 0 unspecified atom stereocenters. The molecule has 2 amide bonds. The summed E-state index contributed by atoms with van der Waals surface area (Å²) >= 11 is 0. The third-order valence-corrected chi connectivity index (χ3v) is 3.91. The topological polar surface area (TPSA) is 68.6 Å². The van der Waals surface area contributed by atoms with Gasteiger partial charge in [-0.05, 0) is 26.7 Å². The molecule has 2 heterocycles. The monoisotopic (exact) mass is 222 g/mol. The van der Waals surface area contributed by atoms with Crippen molar-refractivity contribution in [2.75, 3.05) is 0 Å². The van der Waals surface area contributed by atoms with E-state index in [1.165, 1.54) is 0 Å². The standard InChI is InChI=1S/C11H18N4O/c1-5-10(3)8-13-7(12)11(4,6-2)15(8)9(16)14-10/h12H,5-6H2,1-4H3,(H,14,16)/t10-,11+/m0/s1. The Morgan fingerprint density at radius 3 is 2.50 bits per heavy atom. The fourth-order valence-corrected chi connectivity index (χ4v) is 2.23. The SMILES string of the molecule is CC[C@]1(C)NC(=O)N2C1=NC(=N)[C@@]2(C)CC. The summed E-state index contributed by atoms with van der Waals surface area (Å²) in [6, 6.07) is -0.130. The molecule has 1 saturated heterocycles. The maximum atomic E-state index is 12.0. The van der Waals surface area contributed by atoms with Gasteiger partial charge in [0, 0.05) is 0 Å². The highest BCUT2D eigenvalue weighted by molar-refractivity contribution is 6.21. The number of nitrogens with zero attached hydrogens (tertiary/aromatic N) is 2. The van der Waals surface area contributed by atoms with Crippen LogP contribution < -0.4 is 5.32 Å². The molecular weight excluding hydrogens is 204 g/mol. The van der Waals surface area contributed by atoms with Crippen molar-refractivity contribution in [3.05, 3.63) is 0 Å². The average Bonchev–Trinajstić information content (AvgIpc) is 2.66. The predicted molar refractivity (Wildman–Crippen MR) is 62.9 cm³/mol. The summed E-state index contributed by atoms with van der Waals surface area (Å²) in [5, 5.41) is 10.9. The molecule has 0 aromatic rings. The van der Waals surface area contributed by atoms with Crippen molar-refractivity contribution in [1.29, 1.82) is 5.41 Å². The smallest absolute Gasteiger partial charge is 0.324 e. The van der Waals surface area contributed by atoms with Crippen molar-refractivity contribution < 1.29 is 4.79 Å². The highest BCUT2D eigenvalue weighted by Gasteiger charge is 2.56. The van der Waals surface area contributed by atoms with Crippen molar-refractivity contribution in [1.82, 2.24) is 10.2 Å². The van der Waals surface area contributed by atoms with E-state index in [1.807, 2.05) is 27.7 Å². The van der Waals surface area contributed by atoms with E-state index in [0.717, 1.165) is 6.42 Å². The van der Waals surface area contributed by atoms with Crippen LogP contribution in [0, 0.1) is 5.41 Å². The molecule has 2 aliphatic heterocycles. The summed E-state index contributed by atoms with van der Waals surface area (Å²) in [6.07, 6.45) is 1.48. The quantitative estimate of drug-likeness (QED) is 0.734. The van der Waals surface area contributed by atoms with E-state index in [-0.39, 0.29) is 6.03 Å². The second kappa shape index (κ2) is 3.06. The second-order valence-electron chi connectivity index (χ2n) is 4.86. The maximum Gasteiger partial charge on any atom is 0.324 e. The van der Waals surface area contributed by atoms with Gasteiger partial charge in [0.05, 0.1) is 5.54 Å². The van der Waals surface area contributed by atoms with Crippen LogP contribution in [0.25, 0.3) is 0 Å². The summed E-state index contributed by atoms with van der Waals surface area (Å²) < 4.78 is 0. The van der Waals surface area contributed by atoms with Gasteiger partial charge in [-0.3, -0.25) is 10.3 Å². The highest BCUT2D eigenvalue weighted by Crippen LogP contribution is 2.36. The molecule has 2 N–H and O–H groups in total. The van der Waals surface area contributed by atoms with Gasteiger partial charge < -0.3 is 5.32 Å². The second-order valence-corrected chi connectivity index (χ2v) is 4.86. The van der Waals surface area contributed by atoms with Gasteiger partial charge in [0.15, 0.2) is 0 Å². The minimum Gasteiger partial charge on any atom is -0.325 e. The zero-order valence-electron chi connectivity index (χ0n) is 10.2. The first-order valence-electron chi connectivity index (χ1n) is 5.69. The first kappa shape index (κ1) is 11.1. The number of carbonyl (C=O) groups excluding carboxylic acids is 1. The minimum atomic E-state index is -0.577. The molecule has 0 bridgehead atoms. The molecule has 5 nitrogen and oxygen atoms in total. The van der Waals surface area contributed by atoms with E-state index < -0.39 is 11.1 Å². The van der Waals surface area contributed by atoms with Crippen molar-refractivity contribution in [3.8, 4) is 0 Å². The normalized spacial score (nSPS) is 37.5. The van der Waals surface area contributed by atoms with E-state index in [4.69, 9.17) is 5.41 Å². The summed E-state index contributed by atoms with van der Waals surface area (Å²) in [5.74, 6) is 0.994. The first-order valence-corrected chi connectivity index (χ1v) is 5.69. The van der Waals surface area contributed by atoms with Crippen LogP contribution in [-0.4, -0.2) is 33.7 Å². The zero-order valence-corrected chi connectivity index (χ0v) is 10.2. The predicted octanol–water partition coefficient (Wildman–Crippen LogP) is 1.74. The average molecular weight is 222 g/mol. The Hall–Kier alpha value is -1.39. The molecule has 0 radical (unpaired) electrons. The molecule has 16 heavy (non-hydrogen) atoms. The summed E-state index contributed by atoms with van der Waals surface area (Å²) in [7, 11) is 0. The fraction of sp³-hybridized carbons (Fsp3) is 0.727. The van der Waals surface area contributed by atoms with E-state index in [2.05, 4.69) is 10.3 Å². The molecule has 1 fully saturated rings. The zero-order chi connectivity index (χ0) is 12.1. The lowest BCUT2D eigenvalue weighted by molar-refractivity contribution is 0.208. The van der Waals surface area contributed by atoms with Crippen LogP contribution in [0.3, 0.4) is 0 Å². The summed E-state index contributed by atoms with van der Waals surface area (Å²) in [6.45, 7) is 7.84. The van der Waals surface area contributed by atoms with E-state index in [0.29, 0.717) is 18.1 Å². The summed E-state index contributed by atoms with van der Waals surface area (Å²) in [5.41, 5.74) is -0.997. The van der Waals surface area contributed by atoms with Gasteiger partial charge in [-0.15, -0.1) is 0 Å². The number of carbonyl (C=O) groups is 1. The molecule has 0 aromatic carbocycles. The lowest BCUT2D eigenvalue weighted by Gasteiger charge is -2.30. The maximum absolute atomic E-state index is 12.0. The number of fused-ring (bicyclic) bond motifs is 1. The van der Waals surface area contributed by atoms with Crippen LogP contribution in [0.2, 0.25) is 0 Å². The van der Waals surface area contributed by atoms with Gasteiger partial charge in [-0.1, -0.05) is 13.8 Å². The number of hydrogen-bond donors (Lipinski definition) is 2. The number of rotatable bonds is 2. The molecule has 5 heteroatoms. The van der Waals surface area contributed by atoms with E-state index >= 15 is 0 Å². The Balaban J connectivity index is 2.51. The largest absolute Gasteiger partial charge is 0.325 e. The Bertz CT molecular complexity index is 403. The number of amidine groups is 2. The van der Waals surface area contributed by atoms with Crippen molar-refractivity contribution in [2.45, 2.75) is 51.6 Å². The van der Waals surface area contributed by atoms with Gasteiger partial charge in [0.2, 0.25) is 0 Å². The third-order valence-electron chi connectivity index (χ3n) is 3.91. The number of amides is 2. The van der Waals surface area contributed by atoms with Crippen LogP contribution in [-0.2, 0) is 0 Å². The van der Waals surface area contributed by atoms with Crippen molar-refractivity contribution >= 4 is 17.7 Å². The molecule has 2 aliphatic rings. The van der Waals surface area contributed by atoms with Gasteiger partial charge in [0.1, 0.15) is 17.2 Å². The van der Waals surface area contributed by atoms with E-state index in [9.17, 15) is 4.79 Å². The van der Waals surface area contributed by atoms with Crippen molar-refractivity contribution in [3.63, 3.8) is 0 Å². The Morgan fingerprint density at radius 2 is 2.00 bits per heavy atom. The van der Waals surface area contributed by atoms with Crippen LogP contribution >= 0.6 is 0 Å². The lowest BCUT2D eigenvalue weighted by atomic mass is 9.95. The van der Waals surface area contributed by atoms with Gasteiger partial charge >= 0.3 is 6.03 Å². The number of hydrogen-bond acceptors (Lipinski definition) is 2. The molecule has 88 valence electrons. The molecular formula is C11H18N4O. The third kappa shape index (κ3) is 1.08. The first-order chi connectivity index (χ1) is 7.39. The molecule has 0 spiro atoms. The van der Waals surface area contributed by atoms with Gasteiger partial charge in [-0.25, -0.2) is 9.79 Å². The van der Waals surface area contributed by atoms with Crippen LogP contribution in [0.5, 0.6) is 0 Å². The Labute approximate surface area is 95.4 Å². The molecule has 2 rings (SSSR count). The molecule has 0 aliphatic carbocycles.